The average Bonchev–Trinajstić information content (AvgIpc) is 4.30. The number of nitrogens with zero attached hydrogens (tertiary/aromatic N) is 2. The highest BCUT2D eigenvalue weighted by Crippen LogP contribution is 2.54. The molecule has 0 aromatic heterocycles. The maximum atomic E-state index is 15.1. The molecule has 2 heterocycles. The predicted octanol–water partition coefficient (Wildman–Crippen LogP) is 15.9. The number of amides is 2. The minimum absolute atomic E-state index is 0.112. The molecule has 6 fully saturated rings. The third-order valence-corrected chi connectivity index (χ3v) is 15.6. The number of benzene rings is 2. The fourth-order valence-electron chi connectivity index (χ4n) is 12.6. The van der Waals surface area contributed by atoms with Crippen LogP contribution in [0.15, 0.2) is 47.6 Å². The summed E-state index contributed by atoms with van der Waals surface area (Å²) in [6, 6.07) is 5.88. The van der Waals surface area contributed by atoms with E-state index in [1.807, 2.05) is 68.4 Å². The number of carboxylic acids is 1. The van der Waals surface area contributed by atoms with Crippen LogP contribution in [0, 0.1) is 53.1 Å². The summed E-state index contributed by atoms with van der Waals surface area (Å²) in [5.74, 6) is 2.43. The Kier molecular flexibility index (Phi) is 26.7. The summed E-state index contributed by atoms with van der Waals surface area (Å²) in [7, 11) is 0. The first-order valence-electron chi connectivity index (χ1n) is 28.9. The van der Waals surface area contributed by atoms with Crippen molar-refractivity contribution in [3.05, 3.63) is 81.5 Å². The van der Waals surface area contributed by atoms with Crippen LogP contribution < -0.4 is 9.47 Å². The Hall–Kier alpha value is -4.95. The monoisotopic (exact) mass is 1090 g/mol. The molecule has 6 aliphatic carbocycles. The number of fused-ring (bicyclic) bond motifs is 4. The number of alkyl halides is 3. The van der Waals surface area contributed by atoms with Gasteiger partial charge in [0.25, 0.3) is 12.4 Å². The van der Waals surface area contributed by atoms with Crippen molar-refractivity contribution in [2.75, 3.05) is 32.8 Å². The fraction of sp³-hybridized carbons (Fsp3) is 0.677. The molecular formula is C62H93F5N2O8. The van der Waals surface area contributed by atoms with Crippen LogP contribution in [0.5, 0.6) is 11.5 Å². The van der Waals surface area contributed by atoms with Gasteiger partial charge in [0.1, 0.15) is 29.2 Å². The van der Waals surface area contributed by atoms with Gasteiger partial charge in [0.05, 0.1) is 30.9 Å². The van der Waals surface area contributed by atoms with Crippen molar-refractivity contribution in [2.24, 2.45) is 34.5 Å². The molecule has 2 aromatic rings. The Morgan fingerprint density at radius 1 is 0.740 bits per heavy atom. The maximum Gasteiger partial charge on any atom is 0.414 e. The van der Waals surface area contributed by atoms with Crippen molar-refractivity contribution < 1.29 is 60.8 Å². The van der Waals surface area contributed by atoms with Crippen LogP contribution in [-0.4, -0.2) is 89.8 Å². The van der Waals surface area contributed by atoms with Crippen LogP contribution in [-0.2, 0) is 14.4 Å². The molecule has 2 amide bonds. The third kappa shape index (κ3) is 18.6. The Bertz CT molecular complexity index is 2260. The van der Waals surface area contributed by atoms with E-state index in [0.717, 1.165) is 91.2 Å². The molecule has 10 rings (SSSR count). The summed E-state index contributed by atoms with van der Waals surface area (Å²) < 4.78 is 80.6. The maximum absolute atomic E-state index is 15.1. The number of aryl methyl sites for hydroxylation is 1. The number of rotatable bonds is 11. The quantitative estimate of drug-likeness (QED) is 0.129. The van der Waals surface area contributed by atoms with Crippen LogP contribution in [0.4, 0.5) is 22.0 Å². The third-order valence-electron chi connectivity index (χ3n) is 15.6. The first kappa shape index (κ1) is 66.3. The van der Waals surface area contributed by atoms with Crippen LogP contribution in [0.3, 0.4) is 0 Å². The lowest BCUT2D eigenvalue weighted by atomic mass is 9.57. The lowest BCUT2D eigenvalue weighted by Gasteiger charge is -2.49. The molecule has 1 saturated heterocycles. The highest BCUT2D eigenvalue weighted by Gasteiger charge is 2.46. The van der Waals surface area contributed by atoms with E-state index >= 15 is 4.39 Å². The summed E-state index contributed by atoms with van der Waals surface area (Å²) >= 11 is 0. The van der Waals surface area contributed by atoms with E-state index in [0.29, 0.717) is 49.5 Å². The van der Waals surface area contributed by atoms with Gasteiger partial charge < -0.3 is 29.5 Å². The highest BCUT2D eigenvalue weighted by atomic mass is 19.4. The van der Waals surface area contributed by atoms with Crippen molar-refractivity contribution >= 4 is 24.8 Å². The summed E-state index contributed by atoms with van der Waals surface area (Å²) in [5.41, 5.74) is 3.85. The SMILES string of the molecule is CC.CC.CC.CC.CC1CC2CC(C)CC(COc3cc(F)c(C(=O)N4CC=C(C(F)(F)F)C4)cc3C3CC3)(C1)C2.Cc1cc(C2CC2)c(OCC23CC=C(CC(C)C2)C3)cc1F.O=CN1CCCC1C(=O)O.O=CO. The number of aliphatic carboxylic acids is 1. The van der Waals surface area contributed by atoms with Crippen molar-refractivity contribution in [1.82, 2.24) is 9.80 Å². The summed E-state index contributed by atoms with van der Waals surface area (Å²) in [6.45, 7) is 25.7. The largest absolute Gasteiger partial charge is 0.493 e. The van der Waals surface area contributed by atoms with Crippen molar-refractivity contribution in [1.29, 1.82) is 0 Å². The second-order valence-corrected chi connectivity index (χ2v) is 21.9. The van der Waals surface area contributed by atoms with E-state index < -0.39 is 42.0 Å². The molecule has 77 heavy (non-hydrogen) atoms. The highest BCUT2D eigenvalue weighted by molar-refractivity contribution is 5.95. The molecule has 2 N–H and O–H groups in total. The number of carboxylic acid groups (broad SMARTS) is 2. The molecule has 10 nitrogen and oxygen atoms in total. The molecule has 2 aromatic carbocycles. The fourth-order valence-corrected chi connectivity index (χ4v) is 12.6. The minimum Gasteiger partial charge on any atom is -0.493 e. The lowest BCUT2D eigenvalue weighted by Crippen LogP contribution is -2.43. The zero-order valence-corrected chi connectivity index (χ0v) is 48.4. The predicted molar refractivity (Wildman–Crippen MR) is 296 cm³/mol. The molecule has 15 heteroatoms. The van der Waals surface area contributed by atoms with Gasteiger partial charge in [0.15, 0.2) is 0 Å². The van der Waals surface area contributed by atoms with E-state index in [9.17, 15) is 31.9 Å². The number of carbonyl (C=O) groups excluding carboxylic acids is 2. The topological polar surface area (TPSA) is 134 Å². The Morgan fingerprint density at radius 3 is 1.75 bits per heavy atom. The van der Waals surface area contributed by atoms with Crippen LogP contribution in [0.2, 0.25) is 0 Å². The van der Waals surface area contributed by atoms with E-state index in [4.69, 9.17) is 24.5 Å². The van der Waals surface area contributed by atoms with E-state index in [1.54, 1.807) is 11.6 Å². The van der Waals surface area contributed by atoms with Gasteiger partial charge in [-0.2, -0.15) is 13.2 Å². The summed E-state index contributed by atoms with van der Waals surface area (Å²) in [4.78, 5) is 44.2. The number of ether oxygens (including phenoxy) is 2. The Labute approximate surface area is 457 Å². The molecule has 5 unspecified atom stereocenters. The molecule has 5 saturated carbocycles. The summed E-state index contributed by atoms with van der Waals surface area (Å²) in [5, 5.41) is 15.4. The van der Waals surface area contributed by atoms with E-state index in [2.05, 4.69) is 26.8 Å². The number of carbonyl (C=O) groups is 4. The van der Waals surface area contributed by atoms with Crippen LogP contribution in [0.1, 0.15) is 211 Å². The number of hydrogen-bond acceptors (Lipinski definition) is 6. The van der Waals surface area contributed by atoms with Gasteiger partial charge in [-0.05, 0) is 168 Å². The van der Waals surface area contributed by atoms with Gasteiger partial charge in [-0.1, -0.05) is 93.9 Å². The molecule has 0 spiro atoms. The van der Waals surface area contributed by atoms with E-state index in [1.165, 1.54) is 67.5 Å². The van der Waals surface area contributed by atoms with Gasteiger partial charge in [-0.15, -0.1) is 0 Å². The normalized spacial score (nSPS) is 26.2. The van der Waals surface area contributed by atoms with Gasteiger partial charge in [-0.25, -0.2) is 13.6 Å². The first-order valence-corrected chi connectivity index (χ1v) is 28.9. The van der Waals surface area contributed by atoms with E-state index in [-0.39, 0.29) is 41.1 Å². The molecule has 2 aliphatic heterocycles. The van der Waals surface area contributed by atoms with Crippen molar-refractivity contribution in [3.63, 3.8) is 0 Å². The second-order valence-electron chi connectivity index (χ2n) is 21.9. The Balaban J connectivity index is 0.000000310. The number of halogens is 5. The smallest absolute Gasteiger partial charge is 0.414 e. The minimum atomic E-state index is -4.48. The van der Waals surface area contributed by atoms with Gasteiger partial charge in [0, 0.05) is 36.1 Å². The molecule has 8 aliphatic rings. The van der Waals surface area contributed by atoms with Gasteiger partial charge >= 0.3 is 12.1 Å². The zero-order chi connectivity index (χ0) is 57.8. The standard InChI is InChI=1S/C27H33F4NO2.C20H25FO.C6H9NO3.4C2H6.CH2O2/c1-16-7-18-8-17(2)12-26(11-16,13-18)15-34-24-10-23(28)22(9-21(24)19-3-4-19)25(33)32-6-5-20(14-32)27(29,30)31;1-13-7-15-5-6-20(10-13,11-15)12-22-19-9-18(21)14(2)8-17(19)16-3-4-16;8-4-7-3-1-2-5(7)6(9)10;4*1-2;2-1-3/h5,9-10,16-19H,3-4,6-8,11-15H2,1-2H3;5,8-9,13,16H,3-4,6-7,10-12H2,1-2H3;4-5H,1-3H2,(H,9,10);4*1-2H3;1H,(H,2,3). The van der Waals surface area contributed by atoms with Crippen molar-refractivity contribution in [3.8, 4) is 11.5 Å². The van der Waals surface area contributed by atoms with Gasteiger partial charge in [0.2, 0.25) is 6.41 Å². The Morgan fingerprint density at radius 2 is 1.26 bits per heavy atom. The molecule has 5 atom stereocenters. The zero-order valence-electron chi connectivity index (χ0n) is 48.4. The first-order chi connectivity index (χ1) is 36.7. The van der Waals surface area contributed by atoms with Crippen LogP contribution >= 0.6 is 0 Å². The number of hydrogen-bond donors (Lipinski definition) is 2. The summed E-state index contributed by atoms with van der Waals surface area (Å²) in [6.07, 6.45) is 16.0. The second kappa shape index (κ2) is 31.0. The number of likely N-dealkylation sites (tertiary alicyclic amines) is 1. The van der Waals surface area contributed by atoms with Gasteiger partial charge in [-0.3, -0.25) is 14.4 Å². The molecular weight excluding hydrogens is 996 g/mol. The molecule has 434 valence electrons. The van der Waals surface area contributed by atoms with Crippen molar-refractivity contribution in [2.45, 2.75) is 203 Å². The molecule has 0 radical (unpaired) electrons. The average molecular weight is 1090 g/mol. The molecule has 4 bridgehead atoms. The van der Waals surface area contributed by atoms with Crippen LogP contribution in [0.25, 0.3) is 0 Å². The lowest BCUT2D eigenvalue weighted by molar-refractivity contribution is -0.144. The number of allylic oxidation sites excluding steroid dienone is 2.